The number of carbonyl (C=O) groups excluding carboxylic acids is 2. The van der Waals surface area contributed by atoms with Gasteiger partial charge in [0.1, 0.15) is 6.61 Å². The molecule has 2 aliphatic heterocycles. The molecule has 0 saturated carbocycles. The Bertz CT molecular complexity index is 1020. The Balaban J connectivity index is 1.25. The molecule has 1 amide bonds. The van der Waals surface area contributed by atoms with Gasteiger partial charge in [-0.25, -0.2) is 4.79 Å². The van der Waals surface area contributed by atoms with Gasteiger partial charge < -0.3 is 9.64 Å². The topological polar surface area (TPSA) is 73.6 Å². The summed E-state index contributed by atoms with van der Waals surface area (Å²) in [7, 11) is 0. The zero-order valence-electron chi connectivity index (χ0n) is 17.2. The molecular formula is C24H25N3O3. The number of rotatable bonds is 5. The van der Waals surface area contributed by atoms with Crippen LogP contribution in [0.5, 0.6) is 0 Å². The number of hydrogen-bond donors (Lipinski definition) is 0. The van der Waals surface area contributed by atoms with Crippen molar-refractivity contribution in [2.45, 2.75) is 26.4 Å². The maximum atomic E-state index is 12.7. The molecule has 6 nitrogen and oxygen atoms in total. The number of ether oxygens (including phenoxy) is 1. The van der Waals surface area contributed by atoms with Crippen molar-refractivity contribution < 1.29 is 14.3 Å². The fourth-order valence-corrected chi connectivity index (χ4v) is 4.10. The van der Waals surface area contributed by atoms with Gasteiger partial charge in [0.2, 0.25) is 5.91 Å². The smallest absolute Gasteiger partial charge is 0.338 e. The number of fused-ring (bicyclic) bond motifs is 1. The number of carbonyl (C=O) groups is 2. The van der Waals surface area contributed by atoms with Crippen molar-refractivity contribution in [3.8, 4) is 6.07 Å². The molecule has 2 aromatic carbocycles. The zero-order valence-corrected chi connectivity index (χ0v) is 17.2. The van der Waals surface area contributed by atoms with E-state index in [1.54, 1.807) is 6.07 Å². The molecule has 0 aliphatic carbocycles. The molecule has 2 heterocycles. The Kier molecular flexibility index (Phi) is 5.82. The van der Waals surface area contributed by atoms with Crippen molar-refractivity contribution in [3.05, 3.63) is 69.8 Å². The first-order chi connectivity index (χ1) is 14.5. The van der Waals surface area contributed by atoms with Crippen molar-refractivity contribution in [1.29, 1.82) is 5.26 Å². The number of nitrogens with zero attached hydrogens (tertiary/aromatic N) is 3. The van der Waals surface area contributed by atoms with Gasteiger partial charge in [-0.3, -0.25) is 9.69 Å². The summed E-state index contributed by atoms with van der Waals surface area (Å²) in [6.07, 6.45) is 1.29. The third-order valence-electron chi connectivity index (χ3n) is 5.96. The minimum atomic E-state index is -0.282. The molecule has 0 unspecified atom stereocenters. The van der Waals surface area contributed by atoms with Gasteiger partial charge in [-0.05, 0) is 42.2 Å². The van der Waals surface area contributed by atoms with E-state index in [0.29, 0.717) is 18.6 Å². The molecule has 0 spiro atoms. The third kappa shape index (κ3) is 4.37. The summed E-state index contributed by atoms with van der Waals surface area (Å²) in [5.41, 5.74) is 5.39. The van der Waals surface area contributed by atoms with Crippen LogP contribution in [-0.2, 0) is 29.0 Å². The second-order valence-electron chi connectivity index (χ2n) is 7.98. The van der Waals surface area contributed by atoms with E-state index >= 15 is 0 Å². The minimum Gasteiger partial charge on any atom is -0.457 e. The predicted octanol–water partition coefficient (Wildman–Crippen LogP) is 2.47. The van der Waals surface area contributed by atoms with Gasteiger partial charge >= 0.3 is 5.97 Å². The number of cyclic esters (lactones) is 1. The lowest BCUT2D eigenvalue weighted by atomic mass is 10.0. The van der Waals surface area contributed by atoms with E-state index in [1.807, 2.05) is 36.1 Å². The molecule has 154 valence electrons. The van der Waals surface area contributed by atoms with E-state index in [2.05, 4.69) is 17.0 Å². The molecular weight excluding hydrogens is 378 g/mol. The molecule has 2 aliphatic rings. The SMILES string of the molecule is Cc1cc(CCN2CCN(C(=O)Cc3ccc4c(c3)COC4=O)CC2)ccc1C#N. The van der Waals surface area contributed by atoms with Gasteiger partial charge in [0.05, 0.1) is 23.6 Å². The van der Waals surface area contributed by atoms with Crippen LogP contribution in [0, 0.1) is 18.3 Å². The highest BCUT2D eigenvalue weighted by Crippen LogP contribution is 2.21. The summed E-state index contributed by atoms with van der Waals surface area (Å²) in [5.74, 6) is -0.155. The molecule has 0 bridgehead atoms. The predicted molar refractivity (Wildman–Crippen MR) is 112 cm³/mol. The average molecular weight is 403 g/mol. The van der Waals surface area contributed by atoms with Gasteiger partial charge in [0.25, 0.3) is 0 Å². The second-order valence-corrected chi connectivity index (χ2v) is 7.98. The van der Waals surface area contributed by atoms with Crippen LogP contribution < -0.4 is 0 Å². The number of hydrogen-bond acceptors (Lipinski definition) is 5. The first-order valence-electron chi connectivity index (χ1n) is 10.3. The minimum absolute atomic E-state index is 0.127. The number of amides is 1. The van der Waals surface area contributed by atoms with Crippen LogP contribution >= 0.6 is 0 Å². The number of aryl methyl sites for hydroxylation is 1. The largest absolute Gasteiger partial charge is 0.457 e. The molecule has 1 fully saturated rings. The fraction of sp³-hybridized carbons (Fsp3) is 0.375. The van der Waals surface area contributed by atoms with Crippen LogP contribution in [0.25, 0.3) is 0 Å². The van der Waals surface area contributed by atoms with Gasteiger partial charge in [0.15, 0.2) is 0 Å². The summed E-state index contributed by atoms with van der Waals surface area (Å²) in [6, 6.07) is 13.7. The molecule has 2 aromatic rings. The van der Waals surface area contributed by atoms with E-state index in [-0.39, 0.29) is 11.9 Å². The fourth-order valence-electron chi connectivity index (χ4n) is 4.10. The molecule has 0 atom stereocenters. The monoisotopic (exact) mass is 403 g/mol. The highest BCUT2D eigenvalue weighted by molar-refractivity contribution is 5.93. The van der Waals surface area contributed by atoms with Crippen molar-refractivity contribution in [2.75, 3.05) is 32.7 Å². The molecule has 30 heavy (non-hydrogen) atoms. The lowest BCUT2D eigenvalue weighted by Gasteiger charge is -2.35. The Morgan fingerprint density at radius 1 is 1.10 bits per heavy atom. The first kappa shape index (κ1) is 20.1. The number of piperazine rings is 1. The van der Waals surface area contributed by atoms with Crippen LogP contribution in [0.3, 0.4) is 0 Å². The second kappa shape index (κ2) is 8.68. The van der Waals surface area contributed by atoms with Crippen LogP contribution in [0.1, 0.15) is 38.2 Å². The van der Waals surface area contributed by atoms with Gasteiger partial charge in [-0.2, -0.15) is 5.26 Å². The quantitative estimate of drug-likeness (QED) is 0.717. The number of benzene rings is 2. The van der Waals surface area contributed by atoms with Gasteiger partial charge in [-0.1, -0.05) is 24.3 Å². The first-order valence-corrected chi connectivity index (χ1v) is 10.3. The molecule has 0 radical (unpaired) electrons. The van der Waals surface area contributed by atoms with E-state index in [1.165, 1.54) is 5.56 Å². The Hall–Kier alpha value is -3.17. The molecule has 4 rings (SSSR count). The van der Waals surface area contributed by atoms with Crippen molar-refractivity contribution in [3.63, 3.8) is 0 Å². The summed E-state index contributed by atoms with van der Waals surface area (Å²) in [6.45, 7) is 6.43. The maximum Gasteiger partial charge on any atom is 0.338 e. The Morgan fingerprint density at radius 3 is 2.60 bits per heavy atom. The van der Waals surface area contributed by atoms with Gasteiger partial charge in [0, 0.05) is 38.3 Å². The Morgan fingerprint density at radius 2 is 1.87 bits per heavy atom. The molecule has 6 heteroatoms. The van der Waals surface area contributed by atoms with Crippen molar-refractivity contribution in [2.24, 2.45) is 0 Å². The number of esters is 1. The molecule has 0 N–H and O–H groups in total. The highest BCUT2D eigenvalue weighted by Gasteiger charge is 2.24. The van der Waals surface area contributed by atoms with Crippen LogP contribution in [0.15, 0.2) is 36.4 Å². The summed E-state index contributed by atoms with van der Waals surface area (Å²) >= 11 is 0. The standard InChI is InChI=1S/C24H25N3O3/c1-17-12-18(2-4-20(17)15-25)6-7-26-8-10-27(11-9-26)23(28)14-19-3-5-22-21(13-19)16-30-24(22)29/h2-5,12-13H,6-11,14,16H2,1H3. The average Bonchev–Trinajstić information content (AvgIpc) is 3.13. The maximum absolute atomic E-state index is 12.7. The normalized spacial score (nSPS) is 16.1. The summed E-state index contributed by atoms with van der Waals surface area (Å²) in [5, 5.41) is 9.05. The Labute approximate surface area is 176 Å². The van der Waals surface area contributed by atoms with Crippen LogP contribution in [-0.4, -0.2) is 54.4 Å². The summed E-state index contributed by atoms with van der Waals surface area (Å²) < 4.78 is 5.03. The van der Waals surface area contributed by atoms with E-state index < -0.39 is 0 Å². The van der Waals surface area contributed by atoms with E-state index in [0.717, 1.165) is 61.4 Å². The number of nitriles is 1. The molecule has 0 aromatic heterocycles. The van der Waals surface area contributed by atoms with Gasteiger partial charge in [-0.15, -0.1) is 0 Å². The van der Waals surface area contributed by atoms with E-state index in [4.69, 9.17) is 10.00 Å². The zero-order chi connectivity index (χ0) is 21.1. The summed E-state index contributed by atoms with van der Waals surface area (Å²) in [4.78, 5) is 28.6. The van der Waals surface area contributed by atoms with Crippen LogP contribution in [0.4, 0.5) is 0 Å². The van der Waals surface area contributed by atoms with E-state index in [9.17, 15) is 9.59 Å². The third-order valence-corrected chi connectivity index (χ3v) is 5.96. The molecule has 1 saturated heterocycles. The van der Waals surface area contributed by atoms with Crippen LogP contribution in [0.2, 0.25) is 0 Å². The lowest BCUT2D eigenvalue weighted by Crippen LogP contribution is -2.49. The van der Waals surface area contributed by atoms with Crippen molar-refractivity contribution >= 4 is 11.9 Å². The lowest BCUT2D eigenvalue weighted by molar-refractivity contribution is -0.132. The van der Waals surface area contributed by atoms with Crippen molar-refractivity contribution in [1.82, 2.24) is 9.80 Å². The highest BCUT2D eigenvalue weighted by atomic mass is 16.5.